The van der Waals surface area contributed by atoms with Gasteiger partial charge in [-0.3, -0.25) is 4.68 Å². The Bertz CT molecular complexity index is 438. The van der Waals surface area contributed by atoms with Gasteiger partial charge < -0.3 is 14.0 Å². The Balaban J connectivity index is 1.73. The van der Waals surface area contributed by atoms with Gasteiger partial charge in [0.05, 0.1) is 24.4 Å². The smallest absolute Gasteiger partial charge is 0.399 e. The molecule has 3 rings (SSSR count). The summed E-state index contributed by atoms with van der Waals surface area (Å²) in [6, 6.07) is 0. The number of nitrogens with zero attached hydrogens (tertiary/aromatic N) is 2. The van der Waals surface area contributed by atoms with Crippen molar-refractivity contribution in [2.75, 3.05) is 6.61 Å². The Morgan fingerprint density at radius 2 is 1.94 bits per heavy atom. The Labute approximate surface area is 108 Å². The maximum Gasteiger partial charge on any atom is 0.498 e. The van der Waals surface area contributed by atoms with Crippen LogP contribution in [0.2, 0.25) is 0 Å². The molecule has 2 saturated heterocycles. The molecule has 5 nitrogen and oxygen atoms in total. The average Bonchev–Trinajstić information content (AvgIpc) is 2.86. The third-order valence-corrected chi connectivity index (χ3v) is 3.97. The normalized spacial score (nSPS) is 28.7. The van der Waals surface area contributed by atoms with Crippen LogP contribution in [0.5, 0.6) is 0 Å². The molecule has 0 bridgehead atoms. The average molecular weight is 250 g/mol. The zero-order valence-corrected chi connectivity index (χ0v) is 11.3. The number of aromatic nitrogens is 2. The number of hydrogen-bond donors (Lipinski definition) is 0. The highest BCUT2D eigenvalue weighted by Gasteiger charge is 2.52. The van der Waals surface area contributed by atoms with Crippen LogP contribution < -0.4 is 5.46 Å². The standard InChI is InChI=1S/C12H19BN2O3/c1-11(2)12(3,4)18-13(17-11)9-5-14-15(6-9)7-10-8-16-10/h5-6,10H,7-8H2,1-4H3. The van der Waals surface area contributed by atoms with Gasteiger partial charge in [0.1, 0.15) is 6.10 Å². The number of rotatable bonds is 3. The molecular formula is C12H19BN2O3. The molecule has 0 saturated carbocycles. The quantitative estimate of drug-likeness (QED) is 0.581. The van der Waals surface area contributed by atoms with Crippen molar-refractivity contribution in [1.29, 1.82) is 0 Å². The highest BCUT2D eigenvalue weighted by Crippen LogP contribution is 2.36. The summed E-state index contributed by atoms with van der Waals surface area (Å²) in [4.78, 5) is 0. The third-order valence-electron chi connectivity index (χ3n) is 3.97. The van der Waals surface area contributed by atoms with Gasteiger partial charge in [-0.2, -0.15) is 5.10 Å². The van der Waals surface area contributed by atoms with E-state index in [4.69, 9.17) is 14.0 Å². The highest BCUT2D eigenvalue weighted by molar-refractivity contribution is 6.61. The molecule has 0 aliphatic carbocycles. The molecule has 1 aromatic rings. The summed E-state index contributed by atoms with van der Waals surface area (Å²) >= 11 is 0. The molecule has 2 fully saturated rings. The molecule has 3 heterocycles. The maximum atomic E-state index is 5.98. The van der Waals surface area contributed by atoms with Crippen LogP contribution in [0.25, 0.3) is 0 Å². The molecule has 0 amide bonds. The van der Waals surface area contributed by atoms with E-state index in [2.05, 4.69) is 32.8 Å². The largest absolute Gasteiger partial charge is 0.498 e. The number of epoxide rings is 1. The summed E-state index contributed by atoms with van der Waals surface area (Å²) in [5, 5.41) is 4.31. The molecule has 1 atom stereocenters. The van der Waals surface area contributed by atoms with Crippen LogP contribution in [0.3, 0.4) is 0 Å². The predicted molar refractivity (Wildman–Crippen MR) is 67.7 cm³/mol. The molecule has 6 heteroatoms. The molecule has 1 unspecified atom stereocenters. The van der Waals surface area contributed by atoms with E-state index >= 15 is 0 Å². The first-order valence-electron chi connectivity index (χ1n) is 6.37. The lowest BCUT2D eigenvalue weighted by Gasteiger charge is -2.32. The van der Waals surface area contributed by atoms with Crippen molar-refractivity contribution < 1.29 is 14.0 Å². The lowest BCUT2D eigenvalue weighted by molar-refractivity contribution is 0.00578. The highest BCUT2D eigenvalue weighted by atomic mass is 16.7. The number of hydrogen-bond acceptors (Lipinski definition) is 4. The van der Waals surface area contributed by atoms with E-state index in [1.807, 2.05) is 17.1 Å². The van der Waals surface area contributed by atoms with Crippen molar-refractivity contribution in [1.82, 2.24) is 9.78 Å². The van der Waals surface area contributed by atoms with Crippen molar-refractivity contribution in [3.8, 4) is 0 Å². The lowest BCUT2D eigenvalue weighted by Crippen LogP contribution is -2.41. The van der Waals surface area contributed by atoms with Gasteiger partial charge in [0, 0.05) is 17.9 Å². The van der Waals surface area contributed by atoms with E-state index in [-0.39, 0.29) is 18.3 Å². The van der Waals surface area contributed by atoms with Crippen LogP contribution in [0.1, 0.15) is 27.7 Å². The molecule has 98 valence electrons. The van der Waals surface area contributed by atoms with Gasteiger partial charge in [0.25, 0.3) is 0 Å². The van der Waals surface area contributed by atoms with Gasteiger partial charge in [0.15, 0.2) is 0 Å². The fourth-order valence-electron chi connectivity index (χ4n) is 1.96. The monoisotopic (exact) mass is 250 g/mol. The van der Waals surface area contributed by atoms with Crippen molar-refractivity contribution in [3.05, 3.63) is 12.4 Å². The van der Waals surface area contributed by atoms with Crippen LogP contribution in [0.15, 0.2) is 12.4 Å². The first-order chi connectivity index (χ1) is 8.37. The Hall–Kier alpha value is -0.845. The summed E-state index contributed by atoms with van der Waals surface area (Å²) in [5.74, 6) is 0. The van der Waals surface area contributed by atoms with Crippen molar-refractivity contribution in [2.45, 2.75) is 51.5 Å². The van der Waals surface area contributed by atoms with Gasteiger partial charge in [-0.15, -0.1) is 0 Å². The van der Waals surface area contributed by atoms with E-state index in [1.54, 1.807) is 0 Å². The Kier molecular flexibility index (Phi) is 2.59. The molecule has 0 aromatic carbocycles. The second kappa shape index (κ2) is 3.82. The topological polar surface area (TPSA) is 48.8 Å². The summed E-state index contributed by atoms with van der Waals surface area (Å²) in [7, 11) is -0.330. The van der Waals surface area contributed by atoms with E-state index < -0.39 is 0 Å². The summed E-state index contributed by atoms with van der Waals surface area (Å²) in [6.07, 6.45) is 4.12. The summed E-state index contributed by atoms with van der Waals surface area (Å²) < 4.78 is 19.0. The van der Waals surface area contributed by atoms with E-state index in [0.29, 0.717) is 6.10 Å². The molecule has 0 spiro atoms. The van der Waals surface area contributed by atoms with Crippen LogP contribution in [-0.2, 0) is 20.6 Å². The second-order valence-electron chi connectivity index (χ2n) is 6.04. The second-order valence-corrected chi connectivity index (χ2v) is 6.04. The van der Waals surface area contributed by atoms with Gasteiger partial charge in [-0.1, -0.05) is 0 Å². The van der Waals surface area contributed by atoms with Crippen LogP contribution in [-0.4, -0.2) is 40.8 Å². The Morgan fingerprint density at radius 3 is 2.50 bits per heavy atom. The molecule has 0 radical (unpaired) electrons. The summed E-state index contributed by atoms with van der Waals surface area (Å²) in [5.41, 5.74) is 0.355. The van der Waals surface area contributed by atoms with Gasteiger partial charge in [-0.05, 0) is 27.7 Å². The zero-order valence-electron chi connectivity index (χ0n) is 11.3. The fourth-order valence-corrected chi connectivity index (χ4v) is 1.96. The summed E-state index contributed by atoms with van der Waals surface area (Å²) in [6.45, 7) is 9.85. The third kappa shape index (κ3) is 2.09. The maximum absolute atomic E-state index is 5.98. The lowest BCUT2D eigenvalue weighted by atomic mass is 9.82. The van der Waals surface area contributed by atoms with E-state index in [0.717, 1.165) is 18.6 Å². The minimum atomic E-state index is -0.330. The Morgan fingerprint density at radius 1 is 1.33 bits per heavy atom. The van der Waals surface area contributed by atoms with Crippen LogP contribution in [0, 0.1) is 0 Å². The fraction of sp³-hybridized carbons (Fsp3) is 0.750. The molecular weight excluding hydrogens is 231 g/mol. The molecule has 1 aromatic heterocycles. The van der Waals surface area contributed by atoms with E-state index in [1.165, 1.54) is 0 Å². The zero-order chi connectivity index (χ0) is 13.0. The predicted octanol–water partition coefficient (Wildman–Crippen LogP) is 0.581. The molecule has 2 aliphatic heterocycles. The van der Waals surface area contributed by atoms with Gasteiger partial charge >= 0.3 is 7.12 Å². The van der Waals surface area contributed by atoms with Crippen molar-refractivity contribution in [2.24, 2.45) is 0 Å². The molecule has 2 aliphatic rings. The van der Waals surface area contributed by atoms with Crippen LogP contribution >= 0.6 is 0 Å². The van der Waals surface area contributed by atoms with E-state index in [9.17, 15) is 0 Å². The minimum absolute atomic E-state index is 0.306. The van der Waals surface area contributed by atoms with Crippen molar-refractivity contribution >= 4 is 12.6 Å². The van der Waals surface area contributed by atoms with Crippen LogP contribution in [0.4, 0.5) is 0 Å². The SMILES string of the molecule is CC1(C)OB(c2cnn(CC3CO3)c2)OC1(C)C. The molecule has 0 N–H and O–H groups in total. The molecule has 18 heavy (non-hydrogen) atoms. The minimum Gasteiger partial charge on any atom is -0.399 e. The van der Waals surface area contributed by atoms with Gasteiger partial charge in [0.2, 0.25) is 0 Å². The van der Waals surface area contributed by atoms with Gasteiger partial charge in [-0.25, -0.2) is 0 Å². The van der Waals surface area contributed by atoms with Crippen molar-refractivity contribution in [3.63, 3.8) is 0 Å². The first-order valence-corrected chi connectivity index (χ1v) is 6.37. The number of ether oxygens (including phenoxy) is 1. The first kappa shape index (κ1) is 12.2.